The van der Waals surface area contributed by atoms with Crippen molar-refractivity contribution in [1.82, 2.24) is 14.9 Å². The quantitative estimate of drug-likeness (QED) is 0.465. The zero-order valence-electron chi connectivity index (χ0n) is 18.0. The third-order valence-corrected chi connectivity index (χ3v) is 6.55. The zero-order valence-corrected chi connectivity index (χ0v) is 18.0. The van der Waals surface area contributed by atoms with Crippen molar-refractivity contribution < 1.29 is 9.72 Å². The van der Waals surface area contributed by atoms with Gasteiger partial charge in [-0.2, -0.15) is 0 Å². The number of anilines is 1. The van der Waals surface area contributed by atoms with E-state index in [4.69, 9.17) is 4.98 Å². The van der Waals surface area contributed by atoms with Crippen molar-refractivity contribution in [3.8, 4) is 0 Å². The average Bonchev–Trinajstić information content (AvgIpc) is 2.82. The summed E-state index contributed by atoms with van der Waals surface area (Å²) < 4.78 is 0. The Morgan fingerprint density at radius 2 is 1.91 bits per heavy atom. The molecule has 1 atom stereocenters. The van der Waals surface area contributed by atoms with Crippen LogP contribution in [0.1, 0.15) is 35.0 Å². The van der Waals surface area contributed by atoms with Crippen LogP contribution >= 0.6 is 0 Å². The number of amides is 1. The molecule has 1 aliphatic heterocycles. The van der Waals surface area contributed by atoms with Gasteiger partial charge < -0.3 is 9.80 Å². The van der Waals surface area contributed by atoms with Gasteiger partial charge in [0, 0.05) is 43.3 Å². The number of rotatable bonds is 3. The maximum atomic E-state index is 13.7. The Morgan fingerprint density at radius 3 is 2.62 bits per heavy atom. The Kier molecular flexibility index (Phi) is 5.20. The molecule has 1 fully saturated rings. The fourth-order valence-electron chi connectivity index (χ4n) is 4.78. The molecule has 8 heteroatoms. The molecule has 0 N–H and O–H groups in total. The van der Waals surface area contributed by atoms with Crippen LogP contribution in [0.2, 0.25) is 0 Å². The second-order valence-electron chi connectivity index (χ2n) is 8.69. The highest BCUT2D eigenvalue weighted by Crippen LogP contribution is 2.32. The number of para-hydroxylation sites is 1. The highest BCUT2D eigenvalue weighted by atomic mass is 16.6. The van der Waals surface area contributed by atoms with E-state index in [1.165, 1.54) is 12.3 Å². The number of carbonyl (C=O) groups is 1. The molecule has 2 aliphatic rings. The van der Waals surface area contributed by atoms with E-state index in [2.05, 4.69) is 16.8 Å². The molecular weight excluding hydrogens is 406 g/mol. The van der Waals surface area contributed by atoms with Crippen LogP contribution in [0.3, 0.4) is 0 Å². The number of nitrogens with zero attached hydrogens (tertiary/aromatic N) is 5. The molecule has 2 aromatic heterocycles. The summed E-state index contributed by atoms with van der Waals surface area (Å²) in [7, 11) is 0. The van der Waals surface area contributed by atoms with Crippen LogP contribution in [0.15, 0.2) is 42.6 Å². The lowest BCUT2D eigenvalue weighted by molar-refractivity contribution is -0.385. The molecule has 1 aliphatic carbocycles. The SMILES string of the molecule is CC1CCc2nc3ccccc3c(C(=O)N3CCN(c4ccc([N+](=O)[O-])cn4)CC3)c2C1. The molecule has 5 rings (SSSR count). The first-order chi connectivity index (χ1) is 15.5. The Labute approximate surface area is 186 Å². The number of carbonyl (C=O) groups excluding carboxylic acids is 1. The molecule has 1 unspecified atom stereocenters. The maximum Gasteiger partial charge on any atom is 0.287 e. The number of benzene rings is 1. The number of piperazine rings is 1. The van der Waals surface area contributed by atoms with Gasteiger partial charge in [0.2, 0.25) is 0 Å². The molecule has 1 aromatic carbocycles. The lowest BCUT2D eigenvalue weighted by Crippen LogP contribution is -2.49. The van der Waals surface area contributed by atoms with E-state index in [-0.39, 0.29) is 11.6 Å². The minimum Gasteiger partial charge on any atom is -0.353 e. The molecule has 0 radical (unpaired) electrons. The third kappa shape index (κ3) is 3.66. The second kappa shape index (κ2) is 8.18. The van der Waals surface area contributed by atoms with Crippen molar-refractivity contribution in [2.45, 2.75) is 26.2 Å². The van der Waals surface area contributed by atoms with Crippen molar-refractivity contribution in [1.29, 1.82) is 0 Å². The van der Waals surface area contributed by atoms with Gasteiger partial charge in [-0.05, 0) is 42.9 Å². The summed E-state index contributed by atoms with van der Waals surface area (Å²) in [6.45, 7) is 4.68. The summed E-state index contributed by atoms with van der Waals surface area (Å²) in [6, 6.07) is 11.1. The van der Waals surface area contributed by atoms with E-state index in [9.17, 15) is 14.9 Å². The predicted octanol–water partition coefficient (Wildman–Crippen LogP) is 3.63. The van der Waals surface area contributed by atoms with Gasteiger partial charge in [0.15, 0.2) is 0 Å². The number of hydrogen-bond donors (Lipinski definition) is 0. The van der Waals surface area contributed by atoms with Crippen LogP contribution in [0.5, 0.6) is 0 Å². The number of nitro groups is 1. The van der Waals surface area contributed by atoms with Gasteiger partial charge in [0.25, 0.3) is 11.6 Å². The van der Waals surface area contributed by atoms with Crippen molar-refractivity contribution >= 4 is 28.3 Å². The van der Waals surface area contributed by atoms with E-state index < -0.39 is 4.92 Å². The number of aromatic nitrogens is 2. The lowest BCUT2D eigenvalue weighted by Gasteiger charge is -2.36. The topological polar surface area (TPSA) is 92.5 Å². The molecule has 0 saturated carbocycles. The summed E-state index contributed by atoms with van der Waals surface area (Å²) in [6.07, 6.45) is 4.19. The van der Waals surface area contributed by atoms with Crippen molar-refractivity contribution in [3.63, 3.8) is 0 Å². The van der Waals surface area contributed by atoms with E-state index in [1.54, 1.807) is 6.07 Å². The monoisotopic (exact) mass is 431 g/mol. The molecule has 0 bridgehead atoms. The maximum absolute atomic E-state index is 13.7. The average molecular weight is 431 g/mol. The summed E-state index contributed by atoms with van der Waals surface area (Å²) in [5.74, 6) is 1.32. The fraction of sp³-hybridized carbons (Fsp3) is 0.375. The normalized spacial score (nSPS) is 18.5. The van der Waals surface area contributed by atoms with Gasteiger partial charge in [0.1, 0.15) is 12.0 Å². The number of pyridine rings is 2. The highest BCUT2D eigenvalue weighted by molar-refractivity contribution is 6.07. The lowest BCUT2D eigenvalue weighted by atomic mass is 9.83. The summed E-state index contributed by atoms with van der Waals surface area (Å²) in [4.78, 5) is 37.2. The first-order valence-electron chi connectivity index (χ1n) is 11.1. The predicted molar refractivity (Wildman–Crippen MR) is 122 cm³/mol. The molecule has 32 heavy (non-hydrogen) atoms. The van der Waals surface area contributed by atoms with Crippen LogP contribution in [-0.4, -0.2) is 51.9 Å². The summed E-state index contributed by atoms with van der Waals surface area (Å²) in [5.41, 5.74) is 3.87. The minimum atomic E-state index is -0.450. The smallest absolute Gasteiger partial charge is 0.287 e. The van der Waals surface area contributed by atoms with Crippen LogP contribution < -0.4 is 4.90 Å². The van der Waals surface area contributed by atoms with Gasteiger partial charge in [-0.3, -0.25) is 19.9 Å². The minimum absolute atomic E-state index is 0.0221. The molecular formula is C24H25N5O3. The third-order valence-electron chi connectivity index (χ3n) is 6.55. The largest absolute Gasteiger partial charge is 0.353 e. The summed E-state index contributed by atoms with van der Waals surface area (Å²) in [5, 5.41) is 11.8. The van der Waals surface area contributed by atoms with Gasteiger partial charge in [-0.1, -0.05) is 25.1 Å². The van der Waals surface area contributed by atoms with Crippen molar-refractivity contribution in [2.75, 3.05) is 31.1 Å². The Bertz CT molecular complexity index is 1190. The second-order valence-corrected chi connectivity index (χ2v) is 8.69. The molecule has 164 valence electrons. The number of hydrogen-bond acceptors (Lipinski definition) is 6. The van der Waals surface area contributed by atoms with E-state index in [1.807, 2.05) is 29.2 Å². The van der Waals surface area contributed by atoms with Crippen molar-refractivity contribution in [3.05, 3.63) is 69.5 Å². The first-order valence-corrected chi connectivity index (χ1v) is 11.1. The standard InChI is InChI=1S/C24H25N5O3/c1-16-6-8-21-19(14-16)23(18-4-2-3-5-20(18)26-21)24(30)28-12-10-27(11-13-28)22-9-7-17(15-25-22)29(31)32/h2-5,7,9,15-16H,6,8,10-14H2,1H3. The Hall–Kier alpha value is -3.55. The molecule has 1 saturated heterocycles. The molecule has 3 heterocycles. The number of fused-ring (bicyclic) bond motifs is 2. The summed E-state index contributed by atoms with van der Waals surface area (Å²) >= 11 is 0. The van der Waals surface area contributed by atoms with E-state index >= 15 is 0 Å². The molecule has 8 nitrogen and oxygen atoms in total. The van der Waals surface area contributed by atoms with Gasteiger partial charge in [0.05, 0.1) is 16.0 Å². The highest BCUT2D eigenvalue weighted by Gasteiger charge is 2.30. The van der Waals surface area contributed by atoms with Gasteiger partial charge in [-0.25, -0.2) is 4.98 Å². The van der Waals surface area contributed by atoms with Crippen LogP contribution in [0, 0.1) is 16.0 Å². The van der Waals surface area contributed by atoms with E-state index in [0.717, 1.165) is 47.0 Å². The van der Waals surface area contributed by atoms with Crippen LogP contribution in [0.25, 0.3) is 10.9 Å². The first kappa shape index (κ1) is 20.4. The molecule has 3 aromatic rings. The van der Waals surface area contributed by atoms with Gasteiger partial charge in [-0.15, -0.1) is 0 Å². The van der Waals surface area contributed by atoms with Crippen LogP contribution in [0.4, 0.5) is 11.5 Å². The Balaban J connectivity index is 1.40. The Morgan fingerprint density at radius 1 is 1.12 bits per heavy atom. The number of aryl methyl sites for hydroxylation is 1. The van der Waals surface area contributed by atoms with Crippen molar-refractivity contribution in [2.24, 2.45) is 5.92 Å². The molecule has 1 amide bonds. The zero-order chi connectivity index (χ0) is 22.2. The van der Waals surface area contributed by atoms with Crippen LogP contribution in [-0.2, 0) is 12.8 Å². The van der Waals surface area contributed by atoms with Gasteiger partial charge >= 0.3 is 0 Å². The fourth-order valence-corrected chi connectivity index (χ4v) is 4.78. The van der Waals surface area contributed by atoms with E-state index in [0.29, 0.717) is 37.9 Å². The molecule has 0 spiro atoms.